The first-order valence-electron chi connectivity index (χ1n) is 7.41. The number of anilines is 1. The number of hydrogen-bond donors (Lipinski definition) is 1. The molecule has 3 heteroatoms. The van der Waals surface area contributed by atoms with Gasteiger partial charge in [0.1, 0.15) is 0 Å². The molecular formula is C16H24N2S. The maximum Gasteiger partial charge on any atom is 0.0372 e. The lowest BCUT2D eigenvalue weighted by Gasteiger charge is -2.50. The van der Waals surface area contributed by atoms with Gasteiger partial charge in [0.25, 0.3) is 0 Å². The van der Waals surface area contributed by atoms with Crippen LogP contribution in [-0.2, 0) is 0 Å². The molecule has 1 N–H and O–H groups in total. The van der Waals surface area contributed by atoms with Gasteiger partial charge in [-0.2, -0.15) is 0 Å². The molecular weight excluding hydrogens is 252 g/mol. The predicted molar refractivity (Wildman–Crippen MR) is 84.2 cm³/mol. The fraction of sp³-hybridized carbons (Fsp3) is 0.625. The number of nitrogens with one attached hydrogen (secondary N) is 1. The molecule has 19 heavy (non-hydrogen) atoms. The van der Waals surface area contributed by atoms with Crippen LogP contribution in [0.3, 0.4) is 0 Å². The van der Waals surface area contributed by atoms with Gasteiger partial charge >= 0.3 is 0 Å². The summed E-state index contributed by atoms with van der Waals surface area (Å²) in [5, 5.41) is 3.49. The summed E-state index contributed by atoms with van der Waals surface area (Å²) in [6.45, 7) is 0. The maximum atomic E-state index is 3.49. The Hall–Kier alpha value is -0.670. The Morgan fingerprint density at radius 1 is 1.11 bits per heavy atom. The standard InChI is InChI=1S/C16H24N2S/c1-17-12-10-14-4-3-5-15(11-12)18(14)13-6-8-16(19-2)9-7-13/h6-9,12,14-15,17H,3-5,10-11H2,1-2H3. The van der Waals surface area contributed by atoms with E-state index in [2.05, 4.69) is 47.8 Å². The number of hydrogen-bond acceptors (Lipinski definition) is 3. The second-order valence-corrected chi connectivity index (χ2v) is 6.68. The highest BCUT2D eigenvalue weighted by Gasteiger charge is 2.37. The molecule has 2 bridgehead atoms. The second-order valence-electron chi connectivity index (χ2n) is 5.80. The topological polar surface area (TPSA) is 15.3 Å². The minimum absolute atomic E-state index is 0.719. The molecule has 0 aromatic heterocycles. The summed E-state index contributed by atoms with van der Waals surface area (Å²) in [5.74, 6) is 0. The van der Waals surface area contributed by atoms with Crippen molar-refractivity contribution in [3.05, 3.63) is 24.3 Å². The van der Waals surface area contributed by atoms with E-state index < -0.39 is 0 Å². The van der Waals surface area contributed by atoms with E-state index >= 15 is 0 Å². The van der Waals surface area contributed by atoms with Crippen molar-refractivity contribution in [1.29, 1.82) is 0 Å². The summed E-state index contributed by atoms with van der Waals surface area (Å²) in [7, 11) is 2.11. The third-order valence-corrected chi connectivity index (χ3v) is 5.50. The molecule has 0 aliphatic carbocycles. The minimum atomic E-state index is 0.719. The van der Waals surface area contributed by atoms with Gasteiger partial charge in [0.15, 0.2) is 0 Å². The van der Waals surface area contributed by atoms with Crippen molar-refractivity contribution in [2.24, 2.45) is 0 Å². The Bertz CT molecular complexity index is 403. The predicted octanol–water partition coefficient (Wildman–Crippen LogP) is 3.52. The largest absolute Gasteiger partial charge is 0.365 e. The molecule has 0 amide bonds. The van der Waals surface area contributed by atoms with E-state index in [9.17, 15) is 0 Å². The molecule has 0 saturated carbocycles. The van der Waals surface area contributed by atoms with E-state index in [4.69, 9.17) is 0 Å². The lowest BCUT2D eigenvalue weighted by molar-refractivity contribution is 0.252. The van der Waals surface area contributed by atoms with Gasteiger partial charge in [0, 0.05) is 28.7 Å². The van der Waals surface area contributed by atoms with Gasteiger partial charge in [-0.3, -0.25) is 0 Å². The first-order chi connectivity index (χ1) is 9.31. The fourth-order valence-corrected chi connectivity index (χ4v) is 4.20. The summed E-state index contributed by atoms with van der Waals surface area (Å²) in [6, 6.07) is 11.4. The molecule has 1 aromatic carbocycles. The van der Waals surface area contributed by atoms with Gasteiger partial charge in [-0.25, -0.2) is 0 Å². The number of benzene rings is 1. The van der Waals surface area contributed by atoms with Crippen LogP contribution < -0.4 is 10.2 Å². The third kappa shape index (κ3) is 2.63. The van der Waals surface area contributed by atoms with Crippen molar-refractivity contribution >= 4 is 17.4 Å². The normalized spacial score (nSPS) is 30.4. The van der Waals surface area contributed by atoms with Crippen molar-refractivity contribution in [1.82, 2.24) is 5.32 Å². The van der Waals surface area contributed by atoms with Crippen molar-refractivity contribution in [2.45, 2.75) is 55.1 Å². The van der Waals surface area contributed by atoms with Crippen molar-refractivity contribution in [3.8, 4) is 0 Å². The average molecular weight is 276 g/mol. The van der Waals surface area contributed by atoms with Gasteiger partial charge in [-0.15, -0.1) is 11.8 Å². The van der Waals surface area contributed by atoms with Crippen LogP contribution in [0.25, 0.3) is 0 Å². The Kier molecular flexibility index (Phi) is 4.04. The number of piperidine rings is 2. The number of fused-ring (bicyclic) bond motifs is 2. The van der Waals surface area contributed by atoms with Crippen molar-refractivity contribution in [3.63, 3.8) is 0 Å². The summed E-state index contributed by atoms with van der Waals surface area (Å²) < 4.78 is 0. The van der Waals surface area contributed by atoms with E-state index in [1.807, 2.05) is 11.8 Å². The highest BCUT2D eigenvalue weighted by atomic mass is 32.2. The van der Waals surface area contributed by atoms with Crippen LogP contribution >= 0.6 is 11.8 Å². The van der Waals surface area contributed by atoms with Crippen LogP contribution in [0.15, 0.2) is 29.2 Å². The first kappa shape index (κ1) is 13.3. The quantitative estimate of drug-likeness (QED) is 0.850. The smallest absolute Gasteiger partial charge is 0.0372 e. The average Bonchev–Trinajstić information content (AvgIpc) is 2.46. The Morgan fingerprint density at radius 3 is 2.26 bits per heavy atom. The van der Waals surface area contributed by atoms with E-state index in [0.717, 1.165) is 18.1 Å². The van der Waals surface area contributed by atoms with E-state index in [-0.39, 0.29) is 0 Å². The molecule has 0 radical (unpaired) electrons. The third-order valence-electron chi connectivity index (χ3n) is 4.75. The van der Waals surface area contributed by atoms with Gasteiger partial charge < -0.3 is 10.2 Å². The van der Waals surface area contributed by atoms with E-state index in [1.54, 1.807) is 0 Å². The molecule has 104 valence electrons. The number of nitrogens with zero attached hydrogens (tertiary/aromatic N) is 1. The van der Waals surface area contributed by atoms with Crippen molar-refractivity contribution < 1.29 is 0 Å². The maximum absolute atomic E-state index is 3.49. The fourth-order valence-electron chi connectivity index (χ4n) is 3.79. The number of rotatable bonds is 3. The summed E-state index contributed by atoms with van der Waals surface area (Å²) in [4.78, 5) is 4.07. The molecule has 2 atom stereocenters. The van der Waals surface area contributed by atoms with Crippen LogP contribution in [0.2, 0.25) is 0 Å². The Morgan fingerprint density at radius 2 is 1.74 bits per heavy atom. The Labute approximate surface area is 121 Å². The lowest BCUT2D eigenvalue weighted by Crippen LogP contribution is -2.56. The first-order valence-corrected chi connectivity index (χ1v) is 8.64. The SMILES string of the molecule is CNC1CC2CCCC(C1)N2c1ccc(SC)cc1. The van der Waals surface area contributed by atoms with Gasteiger partial charge in [-0.05, 0) is 69.7 Å². The second kappa shape index (κ2) is 5.76. The zero-order chi connectivity index (χ0) is 13.2. The molecule has 1 aromatic rings. The van der Waals surface area contributed by atoms with Crippen LogP contribution in [0.1, 0.15) is 32.1 Å². The Balaban J connectivity index is 1.82. The molecule has 2 saturated heterocycles. The highest BCUT2D eigenvalue weighted by molar-refractivity contribution is 7.98. The molecule has 2 fully saturated rings. The van der Waals surface area contributed by atoms with Crippen LogP contribution in [0.5, 0.6) is 0 Å². The van der Waals surface area contributed by atoms with Crippen LogP contribution in [0.4, 0.5) is 5.69 Å². The molecule has 3 rings (SSSR count). The summed E-state index contributed by atoms with van der Waals surface area (Å²) in [5.41, 5.74) is 1.43. The highest BCUT2D eigenvalue weighted by Crippen LogP contribution is 2.38. The zero-order valence-corrected chi connectivity index (χ0v) is 12.7. The summed E-state index contributed by atoms with van der Waals surface area (Å²) >= 11 is 1.82. The van der Waals surface area contributed by atoms with E-state index in [1.165, 1.54) is 42.7 Å². The van der Waals surface area contributed by atoms with Gasteiger partial charge in [0.2, 0.25) is 0 Å². The number of thioether (sulfide) groups is 1. The molecule has 2 aliphatic rings. The van der Waals surface area contributed by atoms with Gasteiger partial charge in [-0.1, -0.05) is 0 Å². The molecule has 0 spiro atoms. The summed E-state index contributed by atoms with van der Waals surface area (Å²) in [6.07, 6.45) is 8.87. The zero-order valence-electron chi connectivity index (χ0n) is 11.9. The monoisotopic (exact) mass is 276 g/mol. The van der Waals surface area contributed by atoms with E-state index in [0.29, 0.717) is 0 Å². The van der Waals surface area contributed by atoms with Crippen molar-refractivity contribution in [2.75, 3.05) is 18.2 Å². The molecule has 2 aliphatic heterocycles. The van der Waals surface area contributed by atoms with Gasteiger partial charge in [0.05, 0.1) is 0 Å². The minimum Gasteiger partial charge on any atom is -0.365 e. The molecule has 2 nitrogen and oxygen atoms in total. The van der Waals surface area contributed by atoms with Crippen LogP contribution in [-0.4, -0.2) is 31.4 Å². The van der Waals surface area contributed by atoms with Crippen LogP contribution in [0, 0.1) is 0 Å². The molecule has 2 unspecified atom stereocenters. The molecule has 2 heterocycles. The lowest BCUT2D eigenvalue weighted by atomic mass is 9.81.